The highest BCUT2D eigenvalue weighted by molar-refractivity contribution is 7.90. The van der Waals surface area contributed by atoms with Gasteiger partial charge < -0.3 is 10.6 Å². The van der Waals surface area contributed by atoms with Crippen molar-refractivity contribution in [1.82, 2.24) is 5.32 Å². The minimum absolute atomic E-state index is 0.0677. The van der Waals surface area contributed by atoms with Gasteiger partial charge in [-0.15, -0.1) is 0 Å². The van der Waals surface area contributed by atoms with E-state index in [1.54, 1.807) is 36.4 Å². The molecule has 6 nitrogen and oxygen atoms in total. The van der Waals surface area contributed by atoms with E-state index in [1.807, 2.05) is 42.5 Å². The monoisotopic (exact) mass is 484 g/mol. The molecule has 0 aliphatic rings. The molecule has 172 valence electrons. The number of para-hydroxylation sites is 1. The summed E-state index contributed by atoms with van der Waals surface area (Å²) in [5.74, 6) is -1.30. The summed E-state index contributed by atoms with van der Waals surface area (Å²) >= 11 is 6.10. The molecule has 3 rings (SSSR count). The standard InChI is InChI=1S/C25H25ClN2O4S/c1-33(31,32)16-15-23(28-24(29)20-12-6-7-13-21(20)26)25(30)27-22-14-8-5-11-19(22)17-18-9-3-2-4-10-18/h2-14,23H,15-17H2,1H3,(H,27,30)(H,28,29). The van der Waals surface area contributed by atoms with Gasteiger partial charge in [0, 0.05) is 11.9 Å². The van der Waals surface area contributed by atoms with Gasteiger partial charge in [-0.2, -0.15) is 0 Å². The molecule has 8 heteroatoms. The fourth-order valence-corrected chi connectivity index (χ4v) is 4.20. The second-order valence-corrected chi connectivity index (χ2v) is 10.4. The SMILES string of the molecule is CS(=O)(=O)CCC(NC(=O)c1ccccc1Cl)C(=O)Nc1ccccc1Cc1ccccc1. The number of carbonyl (C=O) groups is 2. The summed E-state index contributed by atoms with van der Waals surface area (Å²) in [6.07, 6.45) is 1.63. The Kier molecular flexibility index (Phi) is 8.25. The van der Waals surface area contributed by atoms with Crippen molar-refractivity contribution in [2.24, 2.45) is 0 Å². The van der Waals surface area contributed by atoms with Gasteiger partial charge in [-0.3, -0.25) is 9.59 Å². The topological polar surface area (TPSA) is 92.3 Å². The maximum absolute atomic E-state index is 13.1. The van der Waals surface area contributed by atoms with Crippen molar-refractivity contribution in [3.05, 3.63) is 101 Å². The Hall–Kier alpha value is -3.16. The fourth-order valence-electron chi connectivity index (χ4n) is 3.31. The van der Waals surface area contributed by atoms with Crippen LogP contribution >= 0.6 is 11.6 Å². The van der Waals surface area contributed by atoms with Crippen LogP contribution in [0.5, 0.6) is 0 Å². The van der Waals surface area contributed by atoms with Crippen LogP contribution in [0.2, 0.25) is 5.02 Å². The molecule has 1 unspecified atom stereocenters. The minimum atomic E-state index is -3.34. The summed E-state index contributed by atoms with van der Waals surface area (Å²) in [7, 11) is -3.34. The molecule has 0 radical (unpaired) electrons. The van der Waals surface area contributed by atoms with Crippen molar-refractivity contribution in [1.29, 1.82) is 0 Å². The van der Waals surface area contributed by atoms with Crippen LogP contribution < -0.4 is 10.6 Å². The van der Waals surface area contributed by atoms with E-state index in [1.165, 1.54) is 0 Å². The van der Waals surface area contributed by atoms with Gasteiger partial charge in [-0.05, 0) is 42.2 Å². The van der Waals surface area contributed by atoms with Crippen molar-refractivity contribution >= 4 is 38.9 Å². The van der Waals surface area contributed by atoms with E-state index in [4.69, 9.17) is 11.6 Å². The van der Waals surface area contributed by atoms with Crippen LogP contribution in [0.1, 0.15) is 27.9 Å². The van der Waals surface area contributed by atoms with E-state index in [0.717, 1.165) is 17.4 Å². The molecule has 0 heterocycles. The molecule has 0 saturated carbocycles. The van der Waals surface area contributed by atoms with Gasteiger partial charge in [0.1, 0.15) is 15.9 Å². The summed E-state index contributed by atoms with van der Waals surface area (Å²) < 4.78 is 23.4. The molecule has 1 atom stereocenters. The van der Waals surface area contributed by atoms with Crippen LogP contribution in [0.4, 0.5) is 5.69 Å². The highest BCUT2D eigenvalue weighted by Gasteiger charge is 2.24. The normalized spacial score (nSPS) is 12.1. The molecule has 3 aromatic carbocycles. The molecule has 2 amide bonds. The lowest BCUT2D eigenvalue weighted by atomic mass is 10.0. The first-order valence-electron chi connectivity index (χ1n) is 10.4. The number of nitrogens with one attached hydrogen (secondary N) is 2. The number of carbonyl (C=O) groups excluding carboxylic acids is 2. The Morgan fingerprint density at radius 1 is 0.909 bits per heavy atom. The van der Waals surface area contributed by atoms with E-state index in [-0.39, 0.29) is 22.8 Å². The van der Waals surface area contributed by atoms with Crippen molar-refractivity contribution in [2.45, 2.75) is 18.9 Å². The molecule has 2 N–H and O–H groups in total. The number of benzene rings is 3. The summed E-state index contributed by atoms with van der Waals surface area (Å²) in [5.41, 5.74) is 2.79. The number of sulfone groups is 1. The average molecular weight is 485 g/mol. The average Bonchev–Trinajstić information content (AvgIpc) is 2.78. The van der Waals surface area contributed by atoms with E-state index >= 15 is 0 Å². The Morgan fingerprint density at radius 3 is 2.24 bits per heavy atom. The first kappa shape index (κ1) is 24.5. The van der Waals surface area contributed by atoms with Crippen LogP contribution in [0, 0.1) is 0 Å². The van der Waals surface area contributed by atoms with E-state index < -0.39 is 27.7 Å². The van der Waals surface area contributed by atoms with E-state index in [2.05, 4.69) is 10.6 Å². The van der Waals surface area contributed by atoms with Gasteiger partial charge in [-0.1, -0.05) is 72.3 Å². The number of anilines is 1. The number of hydrogen-bond donors (Lipinski definition) is 2. The van der Waals surface area contributed by atoms with Gasteiger partial charge in [-0.25, -0.2) is 8.42 Å². The number of rotatable bonds is 9. The maximum atomic E-state index is 13.1. The predicted molar refractivity (Wildman–Crippen MR) is 131 cm³/mol. The van der Waals surface area contributed by atoms with Crippen molar-refractivity contribution in [3.63, 3.8) is 0 Å². The smallest absolute Gasteiger partial charge is 0.253 e. The number of amides is 2. The third-order valence-electron chi connectivity index (χ3n) is 5.03. The molecule has 33 heavy (non-hydrogen) atoms. The molecular weight excluding hydrogens is 460 g/mol. The summed E-state index contributed by atoms with van der Waals surface area (Å²) in [6.45, 7) is 0. The molecule has 3 aromatic rings. The van der Waals surface area contributed by atoms with E-state index in [9.17, 15) is 18.0 Å². The molecule has 0 bridgehead atoms. The van der Waals surface area contributed by atoms with Crippen LogP contribution in [0.3, 0.4) is 0 Å². The van der Waals surface area contributed by atoms with Crippen LogP contribution in [-0.2, 0) is 21.1 Å². The number of halogens is 1. The van der Waals surface area contributed by atoms with Gasteiger partial charge in [0.15, 0.2) is 0 Å². The molecule has 0 fully saturated rings. The summed E-state index contributed by atoms with van der Waals surface area (Å²) in [5, 5.41) is 5.73. The highest BCUT2D eigenvalue weighted by atomic mass is 35.5. The summed E-state index contributed by atoms with van der Waals surface area (Å²) in [4.78, 5) is 25.9. The second-order valence-electron chi connectivity index (χ2n) is 7.73. The minimum Gasteiger partial charge on any atom is -0.340 e. The third-order valence-corrected chi connectivity index (χ3v) is 6.34. The highest BCUT2D eigenvalue weighted by Crippen LogP contribution is 2.20. The van der Waals surface area contributed by atoms with Crippen molar-refractivity contribution in [2.75, 3.05) is 17.3 Å². The van der Waals surface area contributed by atoms with E-state index in [0.29, 0.717) is 12.1 Å². The largest absolute Gasteiger partial charge is 0.340 e. The Morgan fingerprint density at radius 2 is 1.55 bits per heavy atom. The zero-order valence-electron chi connectivity index (χ0n) is 18.1. The Balaban J connectivity index is 1.80. The molecule has 0 aromatic heterocycles. The lowest BCUT2D eigenvalue weighted by Crippen LogP contribution is -2.45. The van der Waals surface area contributed by atoms with Gasteiger partial charge in [0.25, 0.3) is 5.91 Å². The van der Waals surface area contributed by atoms with Crippen molar-refractivity contribution in [3.8, 4) is 0 Å². The van der Waals surface area contributed by atoms with Gasteiger partial charge >= 0.3 is 0 Å². The van der Waals surface area contributed by atoms with Gasteiger partial charge in [0.2, 0.25) is 5.91 Å². The Bertz CT molecular complexity index is 1230. The fraction of sp³-hybridized carbons (Fsp3) is 0.200. The lowest BCUT2D eigenvalue weighted by Gasteiger charge is -2.20. The first-order chi connectivity index (χ1) is 15.7. The van der Waals surface area contributed by atoms with Crippen LogP contribution in [-0.4, -0.2) is 38.3 Å². The molecule has 0 saturated heterocycles. The molecule has 0 spiro atoms. The predicted octanol–water partition coefficient (Wildman–Crippen LogP) is 4.10. The third kappa shape index (κ3) is 7.44. The molecule has 0 aliphatic heterocycles. The van der Waals surface area contributed by atoms with Crippen LogP contribution in [0.15, 0.2) is 78.9 Å². The second kappa shape index (κ2) is 11.1. The summed E-state index contributed by atoms with van der Waals surface area (Å²) in [6, 6.07) is 22.6. The number of hydrogen-bond acceptors (Lipinski definition) is 4. The first-order valence-corrected chi connectivity index (χ1v) is 12.8. The van der Waals surface area contributed by atoms with Gasteiger partial charge in [0.05, 0.1) is 16.3 Å². The molecule has 0 aliphatic carbocycles. The maximum Gasteiger partial charge on any atom is 0.253 e. The van der Waals surface area contributed by atoms with Crippen molar-refractivity contribution < 1.29 is 18.0 Å². The Labute approximate surface area is 198 Å². The lowest BCUT2D eigenvalue weighted by molar-refractivity contribution is -0.118. The zero-order chi connectivity index (χ0) is 23.8. The van der Waals surface area contributed by atoms with Crippen LogP contribution in [0.25, 0.3) is 0 Å². The quantitative estimate of drug-likeness (QED) is 0.478. The molecular formula is C25H25ClN2O4S. The zero-order valence-corrected chi connectivity index (χ0v) is 19.7.